The molecule has 8 heteroatoms. The Morgan fingerprint density at radius 2 is 2.05 bits per heavy atom. The molecule has 7 nitrogen and oxygen atoms in total. The van der Waals surface area contributed by atoms with E-state index < -0.39 is 15.4 Å². The third-order valence-corrected chi connectivity index (χ3v) is 4.47. The minimum absolute atomic E-state index is 0.0403. The molecule has 21 heavy (non-hydrogen) atoms. The minimum atomic E-state index is -3.61. The Balaban J connectivity index is 2.24. The van der Waals surface area contributed by atoms with Crippen LogP contribution in [-0.2, 0) is 16.4 Å². The first-order valence-corrected chi connectivity index (χ1v) is 7.64. The Bertz CT molecular complexity index is 865. The zero-order valence-corrected chi connectivity index (χ0v) is 11.7. The highest BCUT2D eigenvalue weighted by molar-refractivity contribution is 7.91. The van der Waals surface area contributed by atoms with Crippen LogP contribution in [0, 0.1) is 11.3 Å². The standard InChI is InChI=1S/C13H12N4O3S/c14-9-10-2-1-3-11(8-10)21(19,20)7-6-17-13(18)5-4-12(15)16-17/h1-5,8H,6-7H2,(H2,15,16). The molecule has 1 aromatic carbocycles. The van der Waals surface area contributed by atoms with E-state index in [1.165, 1.54) is 36.4 Å². The molecule has 0 bridgehead atoms. The van der Waals surface area contributed by atoms with Gasteiger partial charge in [-0.2, -0.15) is 10.4 Å². The second-order valence-corrected chi connectivity index (χ2v) is 6.39. The molecule has 0 amide bonds. The fourth-order valence-corrected chi connectivity index (χ4v) is 2.95. The Labute approximate surface area is 121 Å². The zero-order valence-electron chi connectivity index (χ0n) is 10.9. The number of hydrogen-bond acceptors (Lipinski definition) is 6. The molecule has 0 saturated carbocycles. The van der Waals surface area contributed by atoms with Crippen molar-refractivity contribution in [3.8, 4) is 6.07 Å². The van der Waals surface area contributed by atoms with E-state index >= 15 is 0 Å². The molecule has 0 saturated heterocycles. The number of nitrogen functional groups attached to an aromatic ring is 1. The lowest BCUT2D eigenvalue weighted by molar-refractivity contribution is 0.572. The molecule has 0 fully saturated rings. The number of rotatable bonds is 4. The van der Waals surface area contributed by atoms with Gasteiger partial charge in [0.05, 0.1) is 28.8 Å². The smallest absolute Gasteiger partial charge is 0.266 e. The molecular weight excluding hydrogens is 292 g/mol. The van der Waals surface area contributed by atoms with Gasteiger partial charge < -0.3 is 5.73 Å². The van der Waals surface area contributed by atoms with Crippen molar-refractivity contribution in [3.63, 3.8) is 0 Å². The number of anilines is 1. The molecule has 0 radical (unpaired) electrons. The first kappa shape index (κ1) is 14.7. The molecule has 108 valence electrons. The molecule has 1 aromatic heterocycles. The van der Waals surface area contributed by atoms with Crippen LogP contribution in [0.15, 0.2) is 46.1 Å². The molecule has 2 N–H and O–H groups in total. The fourth-order valence-electron chi connectivity index (χ4n) is 1.71. The van der Waals surface area contributed by atoms with Crippen LogP contribution in [0.5, 0.6) is 0 Å². The van der Waals surface area contributed by atoms with Crippen LogP contribution in [0.25, 0.3) is 0 Å². The average Bonchev–Trinajstić information content (AvgIpc) is 2.48. The molecule has 0 unspecified atom stereocenters. The van der Waals surface area contributed by atoms with Crippen molar-refractivity contribution in [2.75, 3.05) is 11.5 Å². The summed E-state index contributed by atoms with van der Waals surface area (Å²) in [4.78, 5) is 11.6. The van der Waals surface area contributed by atoms with Crippen LogP contribution in [0.1, 0.15) is 5.56 Å². The van der Waals surface area contributed by atoms with Crippen molar-refractivity contribution >= 4 is 15.7 Å². The molecule has 0 aliphatic carbocycles. The number of nitrogens with zero attached hydrogens (tertiary/aromatic N) is 3. The van der Waals surface area contributed by atoms with E-state index in [9.17, 15) is 13.2 Å². The quantitative estimate of drug-likeness (QED) is 0.860. The summed E-state index contributed by atoms with van der Waals surface area (Å²) in [7, 11) is -3.61. The Kier molecular flexibility index (Phi) is 4.05. The summed E-state index contributed by atoms with van der Waals surface area (Å²) < 4.78 is 25.4. The largest absolute Gasteiger partial charge is 0.382 e. The second-order valence-electron chi connectivity index (χ2n) is 4.28. The predicted octanol–water partition coefficient (Wildman–Crippen LogP) is 0.171. The van der Waals surface area contributed by atoms with E-state index in [1.54, 1.807) is 0 Å². The molecule has 0 aliphatic rings. The number of aromatic nitrogens is 2. The van der Waals surface area contributed by atoms with E-state index in [0.29, 0.717) is 0 Å². The van der Waals surface area contributed by atoms with Crippen molar-refractivity contribution in [1.29, 1.82) is 5.26 Å². The van der Waals surface area contributed by atoms with E-state index in [2.05, 4.69) is 5.10 Å². The van der Waals surface area contributed by atoms with Gasteiger partial charge in [0.1, 0.15) is 5.82 Å². The summed E-state index contributed by atoms with van der Waals surface area (Å²) in [6, 6.07) is 10.2. The van der Waals surface area contributed by atoms with Crippen LogP contribution in [0.4, 0.5) is 5.82 Å². The van der Waals surface area contributed by atoms with Gasteiger partial charge in [-0.05, 0) is 24.3 Å². The van der Waals surface area contributed by atoms with Gasteiger partial charge in [0.15, 0.2) is 9.84 Å². The van der Waals surface area contributed by atoms with Crippen LogP contribution in [0.3, 0.4) is 0 Å². The lowest BCUT2D eigenvalue weighted by Gasteiger charge is -2.07. The third kappa shape index (κ3) is 3.46. The van der Waals surface area contributed by atoms with Crippen molar-refractivity contribution < 1.29 is 8.42 Å². The van der Waals surface area contributed by atoms with Gasteiger partial charge >= 0.3 is 0 Å². The highest BCUT2D eigenvalue weighted by atomic mass is 32.2. The molecule has 1 heterocycles. The molecule has 0 aliphatic heterocycles. The van der Waals surface area contributed by atoms with Gasteiger partial charge in [-0.15, -0.1) is 0 Å². The monoisotopic (exact) mass is 304 g/mol. The van der Waals surface area contributed by atoms with E-state index in [1.807, 2.05) is 6.07 Å². The lowest BCUT2D eigenvalue weighted by atomic mass is 10.2. The number of hydrogen-bond donors (Lipinski definition) is 1. The summed E-state index contributed by atoms with van der Waals surface area (Å²) in [6.07, 6.45) is 0. The molecular formula is C13H12N4O3S. The second kappa shape index (κ2) is 5.76. The maximum atomic E-state index is 12.2. The summed E-state index contributed by atoms with van der Waals surface area (Å²) >= 11 is 0. The Morgan fingerprint density at radius 3 is 2.76 bits per heavy atom. The number of aryl methyl sites for hydroxylation is 1. The van der Waals surface area contributed by atoms with Gasteiger partial charge in [-0.1, -0.05) is 6.07 Å². The maximum Gasteiger partial charge on any atom is 0.266 e. The highest BCUT2D eigenvalue weighted by Crippen LogP contribution is 2.13. The Morgan fingerprint density at radius 1 is 1.29 bits per heavy atom. The minimum Gasteiger partial charge on any atom is -0.382 e. The number of sulfone groups is 1. The van der Waals surface area contributed by atoms with Crippen LogP contribution < -0.4 is 11.3 Å². The first-order valence-electron chi connectivity index (χ1n) is 5.99. The van der Waals surface area contributed by atoms with E-state index in [4.69, 9.17) is 11.0 Å². The van der Waals surface area contributed by atoms with Gasteiger partial charge in [0, 0.05) is 6.07 Å². The predicted molar refractivity (Wildman–Crippen MR) is 76.1 cm³/mol. The lowest BCUT2D eigenvalue weighted by Crippen LogP contribution is -2.26. The molecule has 0 spiro atoms. The normalized spacial score (nSPS) is 11.0. The summed E-state index contributed by atoms with van der Waals surface area (Å²) in [5.74, 6) is -0.170. The van der Waals surface area contributed by atoms with Crippen LogP contribution >= 0.6 is 0 Å². The molecule has 2 rings (SSSR count). The fraction of sp³-hybridized carbons (Fsp3) is 0.154. The number of benzene rings is 1. The Hall–Kier alpha value is -2.66. The van der Waals surface area contributed by atoms with Gasteiger partial charge in [0.2, 0.25) is 0 Å². The van der Waals surface area contributed by atoms with Gasteiger partial charge in [-0.25, -0.2) is 13.1 Å². The van der Waals surface area contributed by atoms with E-state index in [-0.39, 0.29) is 28.6 Å². The van der Waals surface area contributed by atoms with Crippen molar-refractivity contribution in [2.45, 2.75) is 11.4 Å². The number of nitriles is 1. The van der Waals surface area contributed by atoms with Crippen molar-refractivity contribution in [3.05, 3.63) is 52.3 Å². The molecule has 2 aromatic rings. The third-order valence-electron chi connectivity index (χ3n) is 2.78. The maximum absolute atomic E-state index is 12.2. The van der Waals surface area contributed by atoms with Crippen LogP contribution in [0.2, 0.25) is 0 Å². The van der Waals surface area contributed by atoms with Crippen molar-refractivity contribution in [2.24, 2.45) is 0 Å². The SMILES string of the molecule is N#Cc1cccc(S(=O)(=O)CCn2nc(N)ccc2=O)c1. The molecule has 0 atom stereocenters. The van der Waals surface area contributed by atoms with Crippen LogP contribution in [-0.4, -0.2) is 24.0 Å². The average molecular weight is 304 g/mol. The zero-order chi connectivity index (χ0) is 15.5. The van der Waals surface area contributed by atoms with Crippen molar-refractivity contribution in [1.82, 2.24) is 9.78 Å². The van der Waals surface area contributed by atoms with Gasteiger partial charge in [0.25, 0.3) is 5.56 Å². The highest BCUT2D eigenvalue weighted by Gasteiger charge is 2.15. The first-order chi connectivity index (χ1) is 9.92. The summed E-state index contributed by atoms with van der Waals surface area (Å²) in [5, 5.41) is 12.6. The summed E-state index contributed by atoms with van der Waals surface area (Å²) in [5.41, 5.74) is 5.29. The topological polar surface area (TPSA) is 119 Å². The summed E-state index contributed by atoms with van der Waals surface area (Å²) in [6.45, 7) is -0.108. The van der Waals surface area contributed by atoms with Gasteiger partial charge in [-0.3, -0.25) is 4.79 Å². The van der Waals surface area contributed by atoms with E-state index in [0.717, 1.165) is 4.68 Å². The number of nitrogens with two attached hydrogens (primary N) is 1.